The van der Waals surface area contributed by atoms with E-state index in [1.165, 1.54) is 32.1 Å². The molecule has 0 spiro atoms. The SMILES string of the molecule is CC(C)(O)C1CC=CC=C1NC(=O)NC1C2CC3CC(C2)CC1C3. The van der Waals surface area contributed by atoms with Gasteiger partial charge in [-0.2, -0.15) is 0 Å². The summed E-state index contributed by atoms with van der Waals surface area (Å²) in [4.78, 5) is 12.6. The Kier molecular flexibility index (Phi) is 3.98. The highest BCUT2D eigenvalue weighted by atomic mass is 16.3. The summed E-state index contributed by atoms with van der Waals surface area (Å²) in [5.41, 5.74) is -0.0155. The van der Waals surface area contributed by atoms with Crippen LogP contribution in [0.4, 0.5) is 4.79 Å². The standard InChI is InChI=1S/C20H30N2O2/c1-20(2,24)16-5-3-4-6-17(16)21-19(23)22-18-14-8-12-7-13(10-14)11-15(18)9-12/h3-4,6,12-16,18,24H,5,7-11H2,1-2H3,(H2,21,22,23). The van der Waals surface area contributed by atoms with Gasteiger partial charge in [-0.25, -0.2) is 4.79 Å². The maximum Gasteiger partial charge on any atom is 0.319 e. The van der Waals surface area contributed by atoms with Crippen molar-refractivity contribution in [1.29, 1.82) is 0 Å². The van der Waals surface area contributed by atoms with Gasteiger partial charge in [-0.1, -0.05) is 12.2 Å². The third-order valence-corrected chi connectivity index (χ3v) is 6.79. The monoisotopic (exact) mass is 330 g/mol. The molecule has 3 N–H and O–H groups in total. The number of amides is 2. The molecule has 24 heavy (non-hydrogen) atoms. The first kappa shape index (κ1) is 16.2. The zero-order valence-corrected chi connectivity index (χ0v) is 14.8. The Balaban J connectivity index is 1.40. The largest absolute Gasteiger partial charge is 0.390 e. The third kappa shape index (κ3) is 3.01. The van der Waals surface area contributed by atoms with Crippen LogP contribution in [0.1, 0.15) is 52.4 Å². The summed E-state index contributed by atoms with van der Waals surface area (Å²) in [5, 5.41) is 16.7. The smallest absolute Gasteiger partial charge is 0.319 e. The van der Waals surface area contributed by atoms with Gasteiger partial charge >= 0.3 is 6.03 Å². The predicted octanol–water partition coefficient (Wildman–Crippen LogP) is 3.34. The van der Waals surface area contributed by atoms with Crippen molar-refractivity contribution in [3.63, 3.8) is 0 Å². The molecule has 2 amide bonds. The average molecular weight is 330 g/mol. The second-order valence-corrected chi connectivity index (χ2v) is 9.05. The van der Waals surface area contributed by atoms with Gasteiger partial charge in [0.15, 0.2) is 0 Å². The highest BCUT2D eigenvalue weighted by Crippen LogP contribution is 2.53. The lowest BCUT2D eigenvalue weighted by atomic mass is 9.54. The van der Waals surface area contributed by atoms with E-state index >= 15 is 0 Å². The Morgan fingerprint density at radius 1 is 1.12 bits per heavy atom. The number of rotatable bonds is 3. The lowest BCUT2D eigenvalue weighted by molar-refractivity contribution is -0.00952. The van der Waals surface area contributed by atoms with E-state index in [1.54, 1.807) is 0 Å². The fourth-order valence-corrected chi connectivity index (χ4v) is 5.91. The Morgan fingerprint density at radius 3 is 2.33 bits per heavy atom. The van der Waals surface area contributed by atoms with Crippen molar-refractivity contribution < 1.29 is 9.90 Å². The molecule has 0 aliphatic heterocycles. The molecule has 5 aliphatic carbocycles. The summed E-state index contributed by atoms with van der Waals surface area (Å²) in [7, 11) is 0. The van der Waals surface area contributed by atoms with Gasteiger partial charge in [-0.3, -0.25) is 0 Å². The van der Waals surface area contributed by atoms with Crippen LogP contribution in [0.15, 0.2) is 23.9 Å². The maximum absolute atomic E-state index is 12.6. The normalized spacial score (nSPS) is 40.4. The Morgan fingerprint density at radius 2 is 1.75 bits per heavy atom. The molecule has 0 aromatic carbocycles. The molecular formula is C20H30N2O2. The molecule has 4 heteroatoms. The predicted molar refractivity (Wildman–Crippen MR) is 94.1 cm³/mol. The van der Waals surface area contributed by atoms with Gasteiger partial charge in [0.25, 0.3) is 0 Å². The minimum Gasteiger partial charge on any atom is -0.390 e. The molecule has 0 heterocycles. The number of hydrogen-bond acceptors (Lipinski definition) is 2. The van der Waals surface area contributed by atoms with E-state index in [9.17, 15) is 9.90 Å². The van der Waals surface area contributed by atoms with Crippen molar-refractivity contribution in [2.24, 2.45) is 29.6 Å². The number of hydrogen-bond donors (Lipinski definition) is 3. The minimum absolute atomic E-state index is 0.0632. The van der Waals surface area contributed by atoms with Gasteiger partial charge in [0.1, 0.15) is 0 Å². The first-order valence-corrected chi connectivity index (χ1v) is 9.56. The molecule has 4 nitrogen and oxygen atoms in total. The molecule has 0 saturated heterocycles. The zero-order valence-electron chi connectivity index (χ0n) is 14.8. The van der Waals surface area contributed by atoms with Gasteiger partial charge in [-0.15, -0.1) is 0 Å². The van der Waals surface area contributed by atoms with Gasteiger partial charge in [0.2, 0.25) is 0 Å². The molecule has 4 saturated carbocycles. The van der Waals surface area contributed by atoms with Crippen molar-refractivity contribution in [2.75, 3.05) is 0 Å². The van der Waals surface area contributed by atoms with E-state index in [0.717, 1.165) is 24.0 Å². The van der Waals surface area contributed by atoms with E-state index in [4.69, 9.17) is 0 Å². The Labute approximate surface area is 144 Å². The number of carbonyl (C=O) groups excluding carboxylic acids is 1. The van der Waals surface area contributed by atoms with Crippen molar-refractivity contribution in [1.82, 2.24) is 10.6 Å². The summed E-state index contributed by atoms with van der Waals surface area (Å²) < 4.78 is 0. The molecule has 1 atom stereocenters. The molecule has 5 rings (SSSR count). The van der Waals surface area contributed by atoms with Crippen molar-refractivity contribution in [3.05, 3.63) is 23.9 Å². The Bertz CT molecular complexity index is 545. The average Bonchev–Trinajstić information content (AvgIpc) is 2.49. The number of carbonyl (C=O) groups is 1. The van der Waals surface area contributed by atoms with Crippen molar-refractivity contribution >= 4 is 6.03 Å². The van der Waals surface area contributed by atoms with Crippen LogP contribution < -0.4 is 10.6 Å². The first-order valence-electron chi connectivity index (χ1n) is 9.56. The first-order chi connectivity index (χ1) is 11.4. The van der Waals surface area contributed by atoms with E-state index in [0.29, 0.717) is 17.9 Å². The van der Waals surface area contributed by atoms with E-state index in [2.05, 4.69) is 10.6 Å². The maximum atomic E-state index is 12.6. The number of allylic oxidation sites excluding steroid dienone is 3. The summed E-state index contributed by atoms with van der Waals surface area (Å²) in [6.07, 6.45) is 13.3. The highest BCUT2D eigenvalue weighted by Gasteiger charge is 2.48. The second-order valence-electron chi connectivity index (χ2n) is 9.05. The topological polar surface area (TPSA) is 61.4 Å². The lowest BCUT2D eigenvalue weighted by Crippen LogP contribution is -2.57. The molecule has 5 aliphatic rings. The van der Waals surface area contributed by atoms with Crippen LogP contribution in [-0.4, -0.2) is 22.8 Å². The van der Waals surface area contributed by atoms with Crippen molar-refractivity contribution in [2.45, 2.75) is 64.0 Å². The van der Waals surface area contributed by atoms with Crippen LogP contribution in [0.2, 0.25) is 0 Å². The van der Waals surface area contributed by atoms with Gasteiger partial charge < -0.3 is 15.7 Å². The van der Waals surface area contributed by atoms with E-state index in [1.807, 2.05) is 32.1 Å². The van der Waals surface area contributed by atoms with Crippen LogP contribution >= 0.6 is 0 Å². The zero-order chi connectivity index (χ0) is 16.9. The Hall–Kier alpha value is -1.29. The number of urea groups is 1. The summed E-state index contributed by atoms with van der Waals surface area (Å²) >= 11 is 0. The molecule has 1 unspecified atom stereocenters. The number of aliphatic hydroxyl groups is 1. The fraction of sp³-hybridized carbons (Fsp3) is 0.750. The molecule has 4 fully saturated rings. The second kappa shape index (κ2) is 5.91. The van der Waals surface area contributed by atoms with Crippen LogP contribution in [0, 0.1) is 29.6 Å². The van der Waals surface area contributed by atoms with E-state index < -0.39 is 5.60 Å². The van der Waals surface area contributed by atoms with Crippen LogP contribution in [0.5, 0.6) is 0 Å². The summed E-state index contributed by atoms with van der Waals surface area (Å²) in [6.45, 7) is 3.62. The van der Waals surface area contributed by atoms with Gasteiger partial charge in [0, 0.05) is 17.7 Å². The summed E-state index contributed by atoms with van der Waals surface area (Å²) in [6, 6.07) is 0.251. The van der Waals surface area contributed by atoms with Gasteiger partial charge in [0.05, 0.1) is 5.60 Å². The minimum atomic E-state index is -0.841. The molecule has 0 radical (unpaired) electrons. The van der Waals surface area contributed by atoms with Crippen LogP contribution in [-0.2, 0) is 0 Å². The van der Waals surface area contributed by atoms with Gasteiger partial charge in [-0.05, 0) is 82.1 Å². The fourth-order valence-electron chi connectivity index (χ4n) is 5.91. The van der Waals surface area contributed by atoms with Crippen LogP contribution in [0.25, 0.3) is 0 Å². The summed E-state index contributed by atoms with van der Waals surface area (Å²) in [5.74, 6) is 3.13. The molecular weight excluding hydrogens is 300 g/mol. The van der Waals surface area contributed by atoms with Crippen LogP contribution in [0.3, 0.4) is 0 Å². The molecule has 0 aromatic rings. The molecule has 0 aromatic heterocycles. The van der Waals surface area contributed by atoms with Crippen molar-refractivity contribution in [3.8, 4) is 0 Å². The quantitative estimate of drug-likeness (QED) is 0.743. The number of nitrogens with one attached hydrogen (secondary N) is 2. The van der Waals surface area contributed by atoms with E-state index in [-0.39, 0.29) is 11.9 Å². The molecule has 132 valence electrons. The molecule has 4 bridgehead atoms. The third-order valence-electron chi connectivity index (χ3n) is 6.79. The highest BCUT2D eigenvalue weighted by molar-refractivity contribution is 5.76. The lowest BCUT2D eigenvalue weighted by Gasteiger charge is -2.54.